The van der Waals surface area contributed by atoms with Crippen molar-refractivity contribution in [2.75, 3.05) is 31.1 Å². The Balaban J connectivity index is 1.18. The zero-order valence-corrected chi connectivity index (χ0v) is 26.7. The van der Waals surface area contributed by atoms with E-state index in [1.165, 1.54) is 5.56 Å². The van der Waals surface area contributed by atoms with Gasteiger partial charge >= 0.3 is 5.97 Å². The lowest BCUT2D eigenvalue weighted by Crippen LogP contribution is -2.38. The summed E-state index contributed by atoms with van der Waals surface area (Å²) in [5.74, 6) is -2.57. The summed E-state index contributed by atoms with van der Waals surface area (Å²) in [5, 5.41) is 13.2. The van der Waals surface area contributed by atoms with Crippen LogP contribution in [0.1, 0.15) is 101 Å². The van der Waals surface area contributed by atoms with Gasteiger partial charge in [-0.05, 0) is 79.5 Å². The number of fused-ring (bicyclic) bond motifs is 1. The maximum Gasteiger partial charge on any atom is 0.306 e. The summed E-state index contributed by atoms with van der Waals surface area (Å²) in [6.45, 7) is 4.27. The van der Waals surface area contributed by atoms with Crippen LogP contribution in [-0.4, -0.2) is 59.9 Å². The predicted molar refractivity (Wildman–Crippen MR) is 179 cm³/mol. The first-order valence-electron chi connectivity index (χ1n) is 16.7. The molecule has 2 aliphatic heterocycles. The number of carboxylic acid groups (broad SMARTS) is 1. The molecule has 3 aromatic rings. The minimum atomic E-state index is -0.980. The molecule has 5 rings (SSSR count). The Bertz CT molecular complexity index is 1460. The van der Waals surface area contributed by atoms with E-state index < -0.39 is 11.9 Å². The second kappa shape index (κ2) is 15.7. The van der Waals surface area contributed by atoms with Crippen molar-refractivity contribution < 1.29 is 24.3 Å². The summed E-state index contributed by atoms with van der Waals surface area (Å²) >= 11 is 0. The minimum Gasteiger partial charge on any atom is -0.481 e. The second-order valence-corrected chi connectivity index (χ2v) is 12.6. The van der Waals surface area contributed by atoms with Gasteiger partial charge in [0.25, 0.3) is 17.7 Å². The molecule has 242 valence electrons. The number of aliphatic carboxylic acids is 1. The average molecular weight is 624 g/mol. The molecule has 0 bridgehead atoms. The number of carboxylic acids is 1. The van der Waals surface area contributed by atoms with Crippen LogP contribution in [0.2, 0.25) is 0 Å². The number of anilines is 1. The van der Waals surface area contributed by atoms with Gasteiger partial charge < -0.3 is 15.3 Å². The number of benzene rings is 3. The zero-order chi connectivity index (χ0) is 32.5. The molecule has 2 aliphatic rings. The number of imide groups is 1. The van der Waals surface area contributed by atoms with Crippen LogP contribution in [0.5, 0.6) is 0 Å². The van der Waals surface area contributed by atoms with Gasteiger partial charge in [-0.3, -0.25) is 24.1 Å². The molecule has 2 atom stereocenters. The quantitative estimate of drug-likeness (QED) is 0.143. The molecule has 0 aromatic heterocycles. The monoisotopic (exact) mass is 623 g/mol. The van der Waals surface area contributed by atoms with Crippen molar-refractivity contribution in [3.8, 4) is 0 Å². The summed E-state index contributed by atoms with van der Waals surface area (Å²) < 4.78 is 0. The summed E-state index contributed by atoms with van der Waals surface area (Å²) in [6, 6.07) is 25.0. The van der Waals surface area contributed by atoms with Crippen LogP contribution in [0.4, 0.5) is 5.69 Å². The van der Waals surface area contributed by atoms with E-state index in [9.17, 15) is 24.3 Å². The summed E-state index contributed by atoms with van der Waals surface area (Å²) in [6.07, 6.45) is 6.89. The lowest BCUT2D eigenvalue weighted by molar-refractivity contribution is -0.144. The molecular formula is C38H45N3O5. The fraction of sp³-hybridized carbons (Fsp3) is 0.421. The molecule has 8 heteroatoms. The van der Waals surface area contributed by atoms with Gasteiger partial charge in [-0.2, -0.15) is 0 Å². The van der Waals surface area contributed by atoms with Gasteiger partial charge in [-0.1, -0.05) is 75.1 Å². The van der Waals surface area contributed by atoms with Crippen LogP contribution >= 0.6 is 0 Å². The number of nitrogens with zero attached hydrogens (tertiary/aromatic N) is 2. The predicted octanol–water partition coefficient (Wildman–Crippen LogP) is 6.77. The highest BCUT2D eigenvalue weighted by Crippen LogP contribution is 2.31. The first kappa shape index (κ1) is 32.9. The molecule has 3 aromatic carbocycles. The van der Waals surface area contributed by atoms with Crippen molar-refractivity contribution in [1.29, 1.82) is 0 Å². The highest BCUT2D eigenvalue weighted by atomic mass is 16.4. The summed E-state index contributed by atoms with van der Waals surface area (Å²) in [4.78, 5) is 55.0. The number of unbranched alkanes of at least 4 members (excludes halogenated alkanes) is 3. The Kier molecular flexibility index (Phi) is 11.2. The third kappa shape index (κ3) is 7.84. The summed E-state index contributed by atoms with van der Waals surface area (Å²) in [7, 11) is 0. The van der Waals surface area contributed by atoms with Crippen molar-refractivity contribution >= 4 is 29.4 Å². The molecule has 3 amide bonds. The minimum absolute atomic E-state index is 0.0206. The molecule has 2 heterocycles. The van der Waals surface area contributed by atoms with E-state index in [-0.39, 0.29) is 43.1 Å². The maximum absolute atomic E-state index is 13.2. The van der Waals surface area contributed by atoms with Crippen LogP contribution in [0, 0.1) is 11.8 Å². The van der Waals surface area contributed by atoms with Gasteiger partial charge in [-0.15, -0.1) is 0 Å². The molecule has 1 saturated heterocycles. The van der Waals surface area contributed by atoms with Crippen molar-refractivity contribution in [2.45, 2.75) is 64.2 Å². The standard InChI is InChI=1S/C38H45N3O5/c1-2-3-4-6-13-30(32(38(45)46)22-25-41-36(43)33-14-9-10-15-34(33)37(41)44)26-39-35(42)29-16-18-31(19-17-29)40-23-20-28(21-24-40)27-11-7-5-8-12-27/h5,7-12,14-19,28,30,32H,2-4,6,13,20-26H2,1H3,(H,39,42)(H,45,46). The van der Waals surface area contributed by atoms with E-state index >= 15 is 0 Å². The molecule has 0 saturated carbocycles. The molecule has 46 heavy (non-hydrogen) atoms. The normalized spacial score (nSPS) is 16.3. The van der Waals surface area contributed by atoms with Crippen LogP contribution < -0.4 is 10.2 Å². The maximum atomic E-state index is 13.2. The highest BCUT2D eigenvalue weighted by molar-refractivity contribution is 6.21. The fourth-order valence-electron chi connectivity index (χ4n) is 6.90. The number of carbonyl (C=O) groups is 4. The zero-order valence-electron chi connectivity index (χ0n) is 26.7. The Morgan fingerprint density at radius 3 is 2.07 bits per heavy atom. The van der Waals surface area contributed by atoms with Gasteiger partial charge in [0.2, 0.25) is 0 Å². The smallest absolute Gasteiger partial charge is 0.306 e. The first-order valence-corrected chi connectivity index (χ1v) is 16.7. The number of hydrogen-bond acceptors (Lipinski definition) is 5. The first-order chi connectivity index (χ1) is 22.4. The molecule has 0 aliphatic carbocycles. The second-order valence-electron chi connectivity index (χ2n) is 12.6. The number of rotatable bonds is 15. The average Bonchev–Trinajstić information content (AvgIpc) is 3.33. The van der Waals surface area contributed by atoms with E-state index in [1.807, 2.05) is 24.3 Å². The summed E-state index contributed by atoms with van der Waals surface area (Å²) in [5.41, 5.74) is 3.73. The SMILES string of the molecule is CCCCCCC(CNC(=O)c1ccc(N2CCC(c3ccccc3)CC2)cc1)C(CCN1C(=O)c2ccccc2C1=O)C(=O)O. The van der Waals surface area contributed by atoms with Crippen molar-refractivity contribution in [3.63, 3.8) is 0 Å². The molecule has 0 spiro atoms. The van der Waals surface area contributed by atoms with Gasteiger partial charge in [0.1, 0.15) is 0 Å². The number of carbonyl (C=O) groups excluding carboxylic acids is 3. The Hall–Kier alpha value is -4.46. The number of hydrogen-bond donors (Lipinski definition) is 2. The van der Waals surface area contributed by atoms with Crippen LogP contribution in [0.25, 0.3) is 0 Å². The van der Waals surface area contributed by atoms with Crippen molar-refractivity contribution in [2.24, 2.45) is 11.8 Å². The lowest BCUT2D eigenvalue weighted by Gasteiger charge is -2.34. The molecule has 0 radical (unpaired) electrons. The molecular weight excluding hydrogens is 578 g/mol. The number of piperidine rings is 1. The van der Waals surface area contributed by atoms with Crippen LogP contribution in [0.15, 0.2) is 78.9 Å². The van der Waals surface area contributed by atoms with E-state index in [0.29, 0.717) is 29.0 Å². The molecule has 2 unspecified atom stereocenters. The number of amides is 3. The topological polar surface area (TPSA) is 107 Å². The van der Waals surface area contributed by atoms with Gasteiger partial charge in [0.15, 0.2) is 0 Å². The van der Waals surface area contributed by atoms with Gasteiger partial charge in [0, 0.05) is 37.4 Å². The van der Waals surface area contributed by atoms with E-state index in [1.54, 1.807) is 24.3 Å². The third-order valence-electron chi connectivity index (χ3n) is 9.64. The van der Waals surface area contributed by atoms with E-state index in [0.717, 1.165) is 62.2 Å². The largest absolute Gasteiger partial charge is 0.481 e. The fourth-order valence-corrected chi connectivity index (χ4v) is 6.90. The molecule has 8 nitrogen and oxygen atoms in total. The lowest BCUT2D eigenvalue weighted by atomic mass is 9.85. The Morgan fingerprint density at radius 1 is 0.826 bits per heavy atom. The van der Waals surface area contributed by atoms with Crippen LogP contribution in [0.3, 0.4) is 0 Å². The van der Waals surface area contributed by atoms with Gasteiger partial charge in [0.05, 0.1) is 17.0 Å². The van der Waals surface area contributed by atoms with E-state index in [2.05, 4.69) is 47.5 Å². The molecule has 1 fully saturated rings. The Morgan fingerprint density at radius 2 is 1.46 bits per heavy atom. The highest BCUT2D eigenvalue weighted by Gasteiger charge is 2.37. The van der Waals surface area contributed by atoms with Crippen LogP contribution in [-0.2, 0) is 4.79 Å². The number of nitrogens with one attached hydrogen (secondary N) is 1. The van der Waals surface area contributed by atoms with Gasteiger partial charge in [-0.25, -0.2) is 0 Å². The van der Waals surface area contributed by atoms with E-state index in [4.69, 9.17) is 0 Å². The molecule has 2 N–H and O–H groups in total. The third-order valence-corrected chi connectivity index (χ3v) is 9.64. The Labute approximate surface area is 271 Å². The van der Waals surface area contributed by atoms with Crippen molar-refractivity contribution in [3.05, 3.63) is 101 Å². The van der Waals surface area contributed by atoms with Crippen molar-refractivity contribution in [1.82, 2.24) is 10.2 Å².